The number of rotatable bonds is 5. The highest BCUT2D eigenvalue weighted by molar-refractivity contribution is 7.89. The minimum Gasteiger partial charge on any atom is -0.397 e. The first-order valence-electron chi connectivity index (χ1n) is 6.66. The van der Waals surface area contributed by atoms with Gasteiger partial charge >= 0.3 is 0 Å². The van der Waals surface area contributed by atoms with E-state index in [2.05, 4.69) is 17.0 Å². The average molecular weight is 305 g/mol. The van der Waals surface area contributed by atoms with Gasteiger partial charge in [-0.3, -0.25) is 0 Å². The smallest absolute Gasteiger partial charge is 0.240 e. The molecule has 5 nitrogen and oxygen atoms in total. The predicted octanol–water partition coefficient (Wildman–Crippen LogP) is 2.48. The largest absolute Gasteiger partial charge is 0.397 e. The summed E-state index contributed by atoms with van der Waals surface area (Å²) >= 11 is 0. The van der Waals surface area contributed by atoms with Crippen LogP contribution in [-0.2, 0) is 16.4 Å². The third-order valence-corrected chi connectivity index (χ3v) is 4.68. The molecule has 0 saturated heterocycles. The molecule has 0 aliphatic rings. The number of benzene rings is 2. The van der Waals surface area contributed by atoms with Crippen molar-refractivity contribution in [2.75, 3.05) is 18.1 Å². The second-order valence-corrected chi connectivity index (χ2v) is 6.48. The summed E-state index contributed by atoms with van der Waals surface area (Å²) in [4.78, 5) is 0.150. The quantitative estimate of drug-likeness (QED) is 0.741. The van der Waals surface area contributed by atoms with E-state index in [-0.39, 0.29) is 4.90 Å². The Morgan fingerprint density at radius 2 is 1.81 bits per heavy atom. The molecule has 0 aliphatic heterocycles. The molecule has 21 heavy (non-hydrogen) atoms. The van der Waals surface area contributed by atoms with Crippen molar-refractivity contribution in [3.8, 4) is 0 Å². The number of sulfonamides is 1. The molecule has 4 N–H and O–H groups in total. The molecule has 0 bridgehead atoms. The predicted molar refractivity (Wildman–Crippen MR) is 86.2 cm³/mol. The fourth-order valence-corrected chi connectivity index (χ4v) is 2.80. The molecule has 0 aromatic heterocycles. The van der Waals surface area contributed by atoms with E-state index in [4.69, 9.17) is 5.73 Å². The Bertz CT molecular complexity index is 742. The first-order valence-corrected chi connectivity index (χ1v) is 8.14. The van der Waals surface area contributed by atoms with Crippen LogP contribution in [0.15, 0.2) is 47.4 Å². The Hall–Kier alpha value is -2.05. The molecule has 0 saturated carbocycles. The molecule has 0 fully saturated rings. The zero-order valence-electron chi connectivity index (χ0n) is 12.1. The van der Waals surface area contributed by atoms with E-state index in [9.17, 15) is 8.42 Å². The first-order chi connectivity index (χ1) is 9.97. The standard InChI is InChI=1S/C15H19N3O2S/c1-3-11-6-4-5-7-14(11)18-15-9-8-12(10-13(15)16)21(19,20)17-2/h4-10,17-18H,3,16H2,1-2H3. The van der Waals surface area contributed by atoms with Crippen molar-refractivity contribution in [2.45, 2.75) is 18.2 Å². The fourth-order valence-electron chi connectivity index (χ4n) is 2.04. The number of aryl methyl sites for hydroxylation is 1. The first kappa shape index (κ1) is 15.3. The molecule has 2 aromatic rings. The monoisotopic (exact) mass is 305 g/mol. The van der Waals surface area contributed by atoms with Gasteiger partial charge in [-0.25, -0.2) is 13.1 Å². The topological polar surface area (TPSA) is 84.2 Å². The van der Waals surface area contributed by atoms with Crippen LogP contribution in [-0.4, -0.2) is 15.5 Å². The Balaban J connectivity index is 2.34. The minimum atomic E-state index is -3.48. The van der Waals surface area contributed by atoms with Gasteiger partial charge in [0.25, 0.3) is 0 Å². The third kappa shape index (κ3) is 3.34. The van der Waals surface area contributed by atoms with Gasteiger partial charge in [-0.2, -0.15) is 0 Å². The maximum Gasteiger partial charge on any atom is 0.240 e. The minimum absolute atomic E-state index is 0.150. The lowest BCUT2D eigenvalue weighted by Crippen LogP contribution is -2.18. The van der Waals surface area contributed by atoms with Crippen LogP contribution in [0.25, 0.3) is 0 Å². The molecule has 0 radical (unpaired) electrons. The van der Waals surface area contributed by atoms with Crippen molar-refractivity contribution < 1.29 is 8.42 Å². The van der Waals surface area contributed by atoms with E-state index in [1.807, 2.05) is 24.3 Å². The van der Waals surface area contributed by atoms with Crippen LogP contribution in [0.2, 0.25) is 0 Å². The van der Waals surface area contributed by atoms with Crippen LogP contribution < -0.4 is 15.8 Å². The number of nitrogens with two attached hydrogens (primary N) is 1. The van der Waals surface area contributed by atoms with Crippen molar-refractivity contribution in [1.29, 1.82) is 0 Å². The number of nitrogens with one attached hydrogen (secondary N) is 2. The van der Waals surface area contributed by atoms with Gasteiger partial charge in [-0.1, -0.05) is 25.1 Å². The van der Waals surface area contributed by atoms with E-state index in [0.717, 1.165) is 12.1 Å². The van der Waals surface area contributed by atoms with Gasteiger partial charge in [0.15, 0.2) is 0 Å². The highest BCUT2D eigenvalue weighted by Crippen LogP contribution is 2.27. The van der Waals surface area contributed by atoms with Gasteiger partial charge < -0.3 is 11.1 Å². The summed E-state index contributed by atoms with van der Waals surface area (Å²) in [7, 11) is -2.11. The summed E-state index contributed by atoms with van der Waals surface area (Å²) in [5.74, 6) is 0. The summed E-state index contributed by atoms with van der Waals surface area (Å²) < 4.78 is 25.7. The molecule has 112 valence electrons. The van der Waals surface area contributed by atoms with E-state index in [0.29, 0.717) is 11.4 Å². The molecule has 0 spiro atoms. The van der Waals surface area contributed by atoms with Gasteiger partial charge in [0.1, 0.15) is 0 Å². The zero-order chi connectivity index (χ0) is 15.5. The Kier molecular flexibility index (Phi) is 4.50. The number of nitrogen functional groups attached to an aromatic ring is 1. The zero-order valence-corrected chi connectivity index (χ0v) is 12.9. The SMILES string of the molecule is CCc1ccccc1Nc1ccc(S(=O)(=O)NC)cc1N. The maximum absolute atomic E-state index is 11.7. The number of para-hydroxylation sites is 1. The molecule has 2 aromatic carbocycles. The fraction of sp³-hybridized carbons (Fsp3) is 0.200. The molecular formula is C15H19N3O2S. The highest BCUT2D eigenvalue weighted by atomic mass is 32.2. The normalized spacial score (nSPS) is 11.3. The third-order valence-electron chi connectivity index (χ3n) is 3.27. The van der Waals surface area contributed by atoms with E-state index in [1.54, 1.807) is 6.07 Å². The van der Waals surface area contributed by atoms with E-state index in [1.165, 1.54) is 24.7 Å². The lowest BCUT2D eigenvalue weighted by molar-refractivity contribution is 0.588. The van der Waals surface area contributed by atoms with Gasteiger partial charge in [0, 0.05) is 5.69 Å². The van der Waals surface area contributed by atoms with Gasteiger partial charge in [-0.15, -0.1) is 0 Å². The maximum atomic E-state index is 11.7. The van der Waals surface area contributed by atoms with Crippen LogP contribution in [0, 0.1) is 0 Å². The molecule has 0 unspecified atom stereocenters. The summed E-state index contributed by atoms with van der Waals surface area (Å²) in [6, 6.07) is 12.6. The lowest BCUT2D eigenvalue weighted by Gasteiger charge is -2.13. The van der Waals surface area contributed by atoms with Crippen LogP contribution in [0.4, 0.5) is 17.1 Å². The summed E-state index contributed by atoms with van der Waals surface area (Å²) in [6.07, 6.45) is 0.898. The number of anilines is 3. The van der Waals surface area contributed by atoms with E-state index >= 15 is 0 Å². The van der Waals surface area contributed by atoms with Crippen LogP contribution in [0.3, 0.4) is 0 Å². The van der Waals surface area contributed by atoms with Crippen molar-refractivity contribution in [3.63, 3.8) is 0 Å². The van der Waals surface area contributed by atoms with Gasteiger partial charge in [0.05, 0.1) is 16.3 Å². The molecule has 0 atom stereocenters. The number of hydrogen-bond acceptors (Lipinski definition) is 4. The molecule has 0 amide bonds. The molecule has 0 aliphatic carbocycles. The van der Waals surface area contributed by atoms with Crippen molar-refractivity contribution >= 4 is 27.1 Å². The lowest BCUT2D eigenvalue weighted by atomic mass is 10.1. The van der Waals surface area contributed by atoms with Crippen LogP contribution in [0.5, 0.6) is 0 Å². The highest BCUT2D eigenvalue weighted by Gasteiger charge is 2.13. The van der Waals surface area contributed by atoms with Crippen molar-refractivity contribution in [3.05, 3.63) is 48.0 Å². The van der Waals surface area contributed by atoms with Crippen LogP contribution >= 0.6 is 0 Å². The van der Waals surface area contributed by atoms with Gasteiger partial charge in [0.2, 0.25) is 10.0 Å². The van der Waals surface area contributed by atoms with E-state index < -0.39 is 10.0 Å². The van der Waals surface area contributed by atoms with Gasteiger partial charge in [-0.05, 0) is 43.3 Å². The summed E-state index contributed by atoms with van der Waals surface area (Å²) in [5, 5.41) is 3.25. The molecule has 0 heterocycles. The average Bonchev–Trinajstić information content (AvgIpc) is 2.49. The van der Waals surface area contributed by atoms with Crippen molar-refractivity contribution in [1.82, 2.24) is 4.72 Å². The molecule has 6 heteroatoms. The molecule has 2 rings (SSSR count). The van der Waals surface area contributed by atoms with Crippen LogP contribution in [0.1, 0.15) is 12.5 Å². The number of hydrogen-bond donors (Lipinski definition) is 3. The second kappa shape index (κ2) is 6.15. The van der Waals surface area contributed by atoms with Crippen molar-refractivity contribution in [2.24, 2.45) is 0 Å². The Morgan fingerprint density at radius 3 is 2.43 bits per heavy atom. The second-order valence-electron chi connectivity index (χ2n) is 4.59. The summed E-state index contributed by atoms with van der Waals surface area (Å²) in [5.41, 5.74) is 9.17. The molecular weight excluding hydrogens is 286 g/mol. The Labute approximate surface area is 125 Å². The Morgan fingerprint density at radius 1 is 1.10 bits per heavy atom. The summed E-state index contributed by atoms with van der Waals surface area (Å²) in [6.45, 7) is 2.08.